The summed E-state index contributed by atoms with van der Waals surface area (Å²) in [5.74, 6) is 0. The second-order valence-corrected chi connectivity index (χ2v) is 4.85. The summed E-state index contributed by atoms with van der Waals surface area (Å²) in [5.41, 5.74) is 6.93. The average molecular weight is 255 g/mol. The van der Waals surface area contributed by atoms with Crippen molar-refractivity contribution in [3.8, 4) is 0 Å². The molecule has 0 amide bonds. The maximum atomic E-state index is 9.48. The summed E-state index contributed by atoms with van der Waals surface area (Å²) in [6.45, 7) is 4.20. The predicted octanol–water partition coefficient (Wildman–Crippen LogP) is 2.53. The van der Waals surface area contributed by atoms with Crippen LogP contribution in [0.3, 0.4) is 0 Å². The molecule has 2 atom stereocenters. The first-order valence-corrected chi connectivity index (χ1v) is 6.98. The van der Waals surface area contributed by atoms with E-state index in [2.05, 4.69) is 19.9 Å². The Morgan fingerprint density at radius 1 is 1.28 bits per heavy atom. The molecule has 0 bridgehead atoms. The van der Waals surface area contributed by atoms with Crippen molar-refractivity contribution in [3.63, 3.8) is 0 Å². The summed E-state index contributed by atoms with van der Waals surface area (Å²) in [6.07, 6.45) is 12.0. The van der Waals surface area contributed by atoms with Gasteiger partial charge >= 0.3 is 0 Å². The number of rotatable bonds is 10. The SMILES string of the molecule is CCCCCC(C)=CCCC=CC(O)C(N)CO. The lowest BCUT2D eigenvalue weighted by molar-refractivity contribution is 0.144. The van der Waals surface area contributed by atoms with Crippen molar-refractivity contribution in [2.45, 2.75) is 64.5 Å². The molecule has 0 rings (SSSR count). The first-order valence-electron chi connectivity index (χ1n) is 6.98. The highest BCUT2D eigenvalue weighted by atomic mass is 16.3. The largest absolute Gasteiger partial charge is 0.395 e. The van der Waals surface area contributed by atoms with Gasteiger partial charge in [-0.2, -0.15) is 0 Å². The third kappa shape index (κ3) is 9.40. The maximum Gasteiger partial charge on any atom is 0.0894 e. The number of aliphatic hydroxyl groups excluding tert-OH is 2. The van der Waals surface area contributed by atoms with Crippen LogP contribution in [-0.2, 0) is 0 Å². The summed E-state index contributed by atoms with van der Waals surface area (Å²) in [5, 5.41) is 18.2. The minimum atomic E-state index is -0.746. The van der Waals surface area contributed by atoms with Gasteiger partial charge in [0.05, 0.1) is 18.8 Å². The Hall–Kier alpha value is -0.640. The zero-order chi connectivity index (χ0) is 13.8. The molecule has 0 radical (unpaired) electrons. The van der Waals surface area contributed by atoms with E-state index in [1.165, 1.54) is 31.3 Å². The Labute approximate surface area is 111 Å². The molecule has 3 heteroatoms. The molecular formula is C15H29NO2. The van der Waals surface area contributed by atoms with E-state index in [4.69, 9.17) is 10.8 Å². The van der Waals surface area contributed by atoms with E-state index in [1.54, 1.807) is 6.08 Å². The van der Waals surface area contributed by atoms with Crippen molar-refractivity contribution in [3.05, 3.63) is 23.8 Å². The summed E-state index contributed by atoms with van der Waals surface area (Å²) in [7, 11) is 0. The summed E-state index contributed by atoms with van der Waals surface area (Å²) in [6, 6.07) is -0.576. The minimum absolute atomic E-state index is 0.193. The zero-order valence-corrected chi connectivity index (χ0v) is 11.8. The van der Waals surface area contributed by atoms with Crippen LogP contribution in [0.2, 0.25) is 0 Å². The third-order valence-electron chi connectivity index (χ3n) is 2.98. The topological polar surface area (TPSA) is 66.5 Å². The molecule has 0 aromatic carbocycles. The molecule has 0 saturated carbocycles. The minimum Gasteiger partial charge on any atom is -0.395 e. The van der Waals surface area contributed by atoms with Crippen LogP contribution in [0.1, 0.15) is 52.4 Å². The van der Waals surface area contributed by atoms with Gasteiger partial charge in [0.15, 0.2) is 0 Å². The monoisotopic (exact) mass is 255 g/mol. The zero-order valence-electron chi connectivity index (χ0n) is 11.8. The fraction of sp³-hybridized carbons (Fsp3) is 0.733. The normalized spacial score (nSPS) is 16.2. The van der Waals surface area contributed by atoms with Gasteiger partial charge in [0, 0.05) is 0 Å². The van der Waals surface area contributed by atoms with E-state index < -0.39 is 12.1 Å². The highest BCUT2D eigenvalue weighted by molar-refractivity contribution is 5.00. The molecule has 0 aromatic rings. The molecule has 0 heterocycles. The van der Waals surface area contributed by atoms with Gasteiger partial charge in [-0.15, -0.1) is 0 Å². The third-order valence-corrected chi connectivity index (χ3v) is 2.98. The highest BCUT2D eigenvalue weighted by Gasteiger charge is 2.08. The van der Waals surface area contributed by atoms with Crippen LogP contribution < -0.4 is 5.73 Å². The van der Waals surface area contributed by atoms with Gasteiger partial charge in [-0.05, 0) is 32.6 Å². The Bertz CT molecular complexity index is 249. The second-order valence-electron chi connectivity index (χ2n) is 4.85. The Kier molecular flexibility index (Phi) is 11.0. The predicted molar refractivity (Wildman–Crippen MR) is 77.3 cm³/mol. The standard InChI is InChI=1S/C15H29NO2/c1-3-4-6-9-13(2)10-7-5-8-11-15(18)14(16)12-17/h8,10-11,14-15,17-18H,3-7,9,12,16H2,1-2H3. The Morgan fingerprint density at radius 2 is 2.00 bits per heavy atom. The Balaban J connectivity index is 3.70. The number of unbranched alkanes of at least 4 members (excludes halogenated alkanes) is 3. The number of hydrogen-bond donors (Lipinski definition) is 3. The number of allylic oxidation sites excluding steroid dienone is 3. The van der Waals surface area contributed by atoms with Crippen LogP contribution in [0.5, 0.6) is 0 Å². The quantitative estimate of drug-likeness (QED) is 0.415. The van der Waals surface area contributed by atoms with Gasteiger partial charge in [-0.3, -0.25) is 0 Å². The Morgan fingerprint density at radius 3 is 2.61 bits per heavy atom. The summed E-state index contributed by atoms with van der Waals surface area (Å²) in [4.78, 5) is 0. The smallest absolute Gasteiger partial charge is 0.0894 e. The molecular weight excluding hydrogens is 226 g/mol. The highest BCUT2D eigenvalue weighted by Crippen LogP contribution is 2.09. The lowest BCUT2D eigenvalue weighted by atomic mass is 10.1. The van der Waals surface area contributed by atoms with E-state index in [0.29, 0.717) is 0 Å². The first-order chi connectivity index (χ1) is 8.61. The van der Waals surface area contributed by atoms with E-state index in [1.807, 2.05) is 6.08 Å². The van der Waals surface area contributed by atoms with Crippen LogP contribution in [-0.4, -0.2) is 29.0 Å². The van der Waals surface area contributed by atoms with E-state index in [-0.39, 0.29) is 6.61 Å². The second kappa shape index (κ2) is 11.5. The van der Waals surface area contributed by atoms with Crippen LogP contribution >= 0.6 is 0 Å². The lowest BCUT2D eigenvalue weighted by Crippen LogP contribution is -2.36. The van der Waals surface area contributed by atoms with Crippen LogP contribution in [0, 0.1) is 0 Å². The molecule has 0 aromatic heterocycles. The fourth-order valence-corrected chi connectivity index (χ4v) is 1.67. The van der Waals surface area contributed by atoms with Crippen molar-refractivity contribution in [2.75, 3.05) is 6.61 Å². The molecule has 0 aliphatic rings. The van der Waals surface area contributed by atoms with Gasteiger partial charge in [-0.25, -0.2) is 0 Å². The molecule has 0 fully saturated rings. The molecule has 0 aliphatic heterocycles. The molecule has 18 heavy (non-hydrogen) atoms. The molecule has 2 unspecified atom stereocenters. The van der Waals surface area contributed by atoms with Crippen molar-refractivity contribution in [1.82, 2.24) is 0 Å². The first kappa shape index (κ1) is 17.4. The van der Waals surface area contributed by atoms with Crippen LogP contribution in [0.25, 0.3) is 0 Å². The molecule has 3 nitrogen and oxygen atoms in total. The van der Waals surface area contributed by atoms with Gasteiger partial charge in [0.2, 0.25) is 0 Å². The average Bonchev–Trinajstić information content (AvgIpc) is 2.37. The number of hydrogen-bond acceptors (Lipinski definition) is 3. The molecule has 0 spiro atoms. The van der Waals surface area contributed by atoms with E-state index >= 15 is 0 Å². The van der Waals surface area contributed by atoms with Gasteiger partial charge in [0.1, 0.15) is 0 Å². The molecule has 106 valence electrons. The van der Waals surface area contributed by atoms with E-state index in [0.717, 1.165) is 12.8 Å². The van der Waals surface area contributed by atoms with Crippen molar-refractivity contribution >= 4 is 0 Å². The molecule has 0 aliphatic carbocycles. The van der Waals surface area contributed by atoms with Crippen molar-refractivity contribution < 1.29 is 10.2 Å². The van der Waals surface area contributed by atoms with Gasteiger partial charge in [-0.1, -0.05) is 43.6 Å². The molecule has 4 N–H and O–H groups in total. The summed E-state index contributed by atoms with van der Waals surface area (Å²) < 4.78 is 0. The van der Waals surface area contributed by atoms with Crippen molar-refractivity contribution in [2.24, 2.45) is 5.73 Å². The van der Waals surface area contributed by atoms with Gasteiger partial charge in [0.25, 0.3) is 0 Å². The molecule has 0 saturated heterocycles. The fourth-order valence-electron chi connectivity index (χ4n) is 1.67. The number of nitrogens with two attached hydrogens (primary N) is 1. The van der Waals surface area contributed by atoms with Crippen molar-refractivity contribution in [1.29, 1.82) is 0 Å². The number of aliphatic hydroxyl groups is 2. The van der Waals surface area contributed by atoms with Crippen LogP contribution in [0.4, 0.5) is 0 Å². The van der Waals surface area contributed by atoms with Gasteiger partial charge < -0.3 is 15.9 Å². The van der Waals surface area contributed by atoms with Crippen LogP contribution in [0.15, 0.2) is 23.8 Å². The lowest BCUT2D eigenvalue weighted by Gasteiger charge is -2.11. The van der Waals surface area contributed by atoms with E-state index in [9.17, 15) is 5.11 Å². The maximum absolute atomic E-state index is 9.48. The summed E-state index contributed by atoms with van der Waals surface area (Å²) >= 11 is 0.